The smallest absolute Gasteiger partial charge is 0.224 e. The molecule has 1 atom stereocenters. The molecule has 1 aromatic carbocycles. The van der Waals surface area contributed by atoms with E-state index in [1.165, 1.54) is 12.1 Å². The first kappa shape index (κ1) is 16.9. The summed E-state index contributed by atoms with van der Waals surface area (Å²) < 4.78 is 13.5. The predicted molar refractivity (Wildman–Crippen MR) is 80.8 cm³/mol. The number of nitrogens with zero attached hydrogens (tertiary/aromatic N) is 1. The van der Waals surface area contributed by atoms with Crippen molar-refractivity contribution in [3.63, 3.8) is 0 Å². The molecule has 0 aromatic heterocycles. The lowest BCUT2D eigenvalue weighted by Crippen LogP contribution is -2.24. The Kier molecular flexibility index (Phi) is 5.29. The van der Waals surface area contributed by atoms with E-state index in [4.69, 9.17) is 10.9 Å². The van der Waals surface area contributed by atoms with Gasteiger partial charge in [-0.3, -0.25) is 4.79 Å². The Bertz CT molecular complexity index is 550. The lowest BCUT2D eigenvalue weighted by atomic mass is 9.80. The van der Waals surface area contributed by atoms with E-state index < -0.39 is 5.82 Å². The van der Waals surface area contributed by atoms with Crippen LogP contribution in [0.1, 0.15) is 39.7 Å². The first-order valence-corrected chi connectivity index (χ1v) is 6.72. The van der Waals surface area contributed by atoms with Gasteiger partial charge in [-0.2, -0.15) is 0 Å². The topological polar surface area (TPSA) is 87.7 Å². The van der Waals surface area contributed by atoms with Gasteiger partial charge in [-0.25, -0.2) is 4.39 Å². The van der Waals surface area contributed by atoms with Gasteiger partial charge in [-0.1, -0.05) is 32.9 Å². The van der Waals surface area contributed by atoms with Crippen molar-refractivity contribution in [2.24, 2.45) is 22.2 Å². The molecule has 0 aliphatic heterocycles. The third-order valence-electron chi connectivity index (χ3n) is 3.60. The van der Waals surface area contributed by atoms with Gasteiger partial charge in [-0.05, 0) is 29.5 Å². The maximum atomic E-state index is 13.5. The van der Waals surface area contributed by atoms with Crippen LogP contribution < -0.4 is 11.1 Å². The van der Waals surface area contributed by atoms with Gasteiger partial charge in [0.2, 0.25) is 5.91 Å². The van der Waals surface area contributed by atoms with Crippen LogP contribution in [0.5, 0.6) is 0 Å². The Morgan fingerprint density at radius 2 is 2.10 bits per heavy atom. The zero-order chi connectivity index (χ0) is 16.2. The third-order valence-corrected chi connectivity index (χ3v) is 3.60. The summed E-state index contributed by atoms with van der Waals surface area (Å²) in [6.45, 7) is 8.21. The van der Waals surface area contributed by atoms with E-state index in [2.05, 4.69) is 31.2 Å². The van der Waals surface area contributed by atoms with Crippen molar-refractivity contribution in [1.29, 1.82) is 0 Å². The maximum absolute atomic E-state index is 13.5. The molecule has 0 bridgehead atoms. The van der Waals surface area contributed by atoms with Crippen LogP contribution in [0.25, 0.3) is 0 Å². The van der Waals surface area contributed by atoms with E-state index in [0.717, 1.165) is 6.07 Å². The fraction of sp³-hybridized carbons (Fsp3) is 0.467. The first-order chi connectivity index (χ1) is 9.65. The Hall–Kier alpha value is -2.11. The van der Waals surface area contributed by atoms with E-state index in [0.29, 0.717) is 12.1 Å². The van der Waals surface area contributed by atoms with Gasteiger partial charge in [0.15, 0.2) is 5.84 Å². The Labute approximate surface area is 124 Å². The quantitative estimate of drug-likeness (QED) is 0.345. The number of nitrogens with one attached hydrogen (secondary N) is 1. The highest BCUT2D eigenvalue weighted by molar-refractivity contribution is 5.99. The van der Waals surface area contributed by atoms with Gasteiger partial charge < -0.3 is 16.3 Å². The van der Waals surface area contributed by atoms with Crippen LogP contribution in [-0.2, 0) is 4.79 Å². The molecule has 0 aliphatic rings. The summed E-state index contributed by atoms with van der Waals surface area (Å²) >= 11 is 0. The van der Waals surface area contributed by atoms with Crippen molar-refractivity contribution in [3.05, 3.63) is 29.6 Å². The second-order valence-electron chi connectivity index (χ2n) is 6.20. The molecule has 116 valence electrons. The molecule has 0 fully saturated rings. The number of hydrogen-bond donors (Lipinski definition) is 3. The Morgan fingerprint density at radius 3 is 2.62 bits per heavy atom. The van der Waals surface area contributed by atoms with Gasteiger partial charge in [0.05, 0.1) is 5.56 Å². The summed E-state index contributed by atoms with van der Waals surface area (Å²) in [6.07, 6.45) is 0.361. The molecule has 1 amide bonds. The zero-order valence-corrected chi connectivity index (χ0v) is 12.8. The molecule has 5 nitrogen and oxygen atoms in total. The molecule has 0 saturated carbocycles. The van der Waals surface area contributed by atoms with Gasteiger partial charge in [0.25, 0.3) is 0 Å². The zero-order valence-electron chi connectivity index (χ0n) is 12.8. The lowest BCUT2D eigenvalue weighted by molar-refractivity contribution is -0.117. The minimum atomic E-state index is -0.619. The van der Waals surface area contributed by atoms with Crippen molar-refractivity contribution < 1.29 is 14.4 Å². The molecule has 0 saturated heterocycles. The summed E-state index contributed by atoms with van der Waals surface area (Å²) in [6, 6.07) is 3.93. The van der Waals surface area contributed by atoms with Crippen LogP contribution in [0.4, 0.5) is 10.1 Å². The summed E-state index contributed by atoms with van der Waals surface area (Å²) in [7, 11) is 0. The number of amides is 1. The molecule has 0 aliphatic carbocycles. The maximum Gasteiger partial charge on any atom is 0.224 e. The number of nitrogens with two attached hydrogens (primary N) is 1. The molecule has 1 aromatic rings. The predicted octanol–water partition coefficient (Wildman–Crippen LogP) is 2.93. The fourth-order valence-electron chi connectivity index (χ4n) is 1.65. The first-order valence-electron chi connectivity index (χ1n) is 6.72. The summed E-state index contributed by atoms with van der Waals surface area (Å²) in [5.41, 5.74) is 5.76. The van der Waals surface area contributed by atoms with E-state index in [1.807, 2.05) is 6.92 Å². The SMILES string of the molecule is CC(CC(=O)Nc1ccc(F)c(C(N)=NO)c1)C(C)(C)C. The molecule has 0 spiro atoms. The van der Waals surface area contributed by atoms with E-state index in [9.17, 15) is 9.18 Å². The minimum absolute atomic E-state index is 0.0271. The normalized spacial score (nSPS) is 13.9. The van der Waals surface area contributed by atoms with E-state index in [-0.39, 0.29) is 28.6 Å². The highest BCUT2D eigenvalue weighted by Crippen LogP contribution is 2.28. The largest absolute Gasteiger partial charge is 0.409 e. The minimum Gasteiger partial charge on any atom is -0.409 e. The van der Waals surface area contributed by atoms with Gasteiger partial charge >= 0.3 is 0 Å². The van der Waals surface area contributed by atoms with Crippen molar-refractivity contribution in [3.8, 4) is 0 Å². The van der Waals surface area contributed by atoms with Crippen LogP contribution >= 0.6 is 0 Å². The van der Waals surface area contributed by atoms with Crippen molar-refractivity contribution >= 4 is 17.4 Å². The van der Waals surface area contributed by atoms with E-state index >= 15 is 0 Å². The van der Waals surface area contributed by atoms with Crippen LogP contribution in [-0.4, -0.2) is 17.0 Å². The molecule has 21 heavy (non-hydrogen) atoms. The Morgan fingerprint density at radius 1 is 1.48 bits per heavy atom. The van der Waals surface area contributed by atoms with E-state index in [1.54, 1.807) is 0 Å². The molecular formula is C15H22FN3O2. The average Bonchev–Trinajstić information content (AvgIpc) is 2.38. The highest BCUT2D eigenvalue weighted by Gasteiger charge is 2.22. The summed E-state index contributed by atoms with van der Waals surface area (Å²) in [5, 5.41) is 14.1. The number of benzene rings is 1. The number of carbonyl (C=O) groups excluding carboxylic acids is 1. The van der Waals surface area contributed by atoms with Crippen molar-refractivity contribution in [2.75, 3.05) is 5.32 Å². The van der Waals surface area contributed by atoms with Crippen LogP contribution in [0.15, 0.2) is 23.4 Å². The van der Waals surface area contributed by atoms with Crippen LogP contribution in [0, 0.1) is 17.2 Å². The second-order valence-corrected chi connectivity index (χ2v) is 6.20. The number of anilines is 1. The number of halogens is 1. The van der Waals surface area contributed by atoms with Crippen molar-refractivity contribution in [2.45, 2.75) is 34.1 Å². The molecule has 4 N–H and O–H groups in total. The number of rotatable bonds is 4. The third kappa shape index (κ3) is 4.73. The van der Waals surface area contributed by atoms with Crippen LogP contribution in [0.2, 0.25) is 0 Å². The molecule has 1 rings (SSSR count). The molecular weight excluding hydrogens is 273 g/mol. The highest BCUT2D eigenvalue weighted by atomic mass is 19.1. The second kappa shape index (κ2) is 6.56. The van der Waals surface area contributed by atoms with Gasteiger partial charge in [0, 0.05) is 12.1 Å². The molecule has 0 heterocycles. The van der Waals surface area contributed by atoms with Gasteiger partial charge in [0.1, 0.15) is 5.82 Å². The number of carbonyl (C=O) groups is 1. The standard InChI is InChI=1S/C15H22FN3O2/c1-9(15(2,3)4)7-13(20)18-10-5-6-12(16)11(8-10)14(17)19-21/h5-6,8-9,21H,7H2,1-4H3,(H2,17,19)(H,18,20). The number of hydrogen-bond acceptors (Lipinski definition) is 3. The number of amidine groups is 1. The fourth-order valence-corrected chi connectivity index (χ4v) is 1.65. The average molecular weight is 295 g/mol. The van der Waals surface area contributed by atoms with Gasteiger partial charge in [-0.15, -0.1) is 0 Å². The van der Waals surface area contributed by atoms with Crippen LogP contribution in [0.3, 0.4) is 0 Å². The number of oxime groups is 1. The molecule has 0 radical (unpaired) electrons. The van der Waals surface area contributed by atoms with Crippen molar-refractivity contribution in [1.82, 2.24) is 0 Å². The Balaban J connectivity index is 2.82. The lowest BCUT2D eigenvalue weighted by Gasteiger charge is -2.26. The summed E-state index contributed by atoms with van der Waals surface area (Å²) in [4.78, 5) is 12.0. The monoisotopic (exact) mass is 295 g/mol. The molecule has 6 heteroatoms. The molecule has 1 unspecified atom stereocenters. The summed E-state index contributed by atoms with van der Waals surface area (Å²) in [5.74, 6) is -0.922.